The van der Waals surface area contributed by atoms with Crippen LogP contribution < -0.4 is 5.32 Å². The number of nitrogens with zero attached hydrogens (tertiary/aromatic N) is 1. The average molecular weight is 441 g/mol. The first kappa shape index (κ1) is 21.7. The molecule has 1 amide bonds. The monoisotopic (exact) mass is 440 g/mol. The van der Waals surface area contributed by atoms with E-state index >= 15 is 0 Å². The number of benzene rings is 2. The van der Waals surface area contributed by atoms with Gasteiger partial charge in [-0.25, -0.2) is 8.42 Å². The lowest BCUT2D eigenvalue weighted by atomic mass is 10.1. The van der Waals surface area contributed by atoms with E-state index in [1.807, 2.05) is 6.92 Å². The highest BCUT2D eigenvalue weighted by molar-refractivity contribution is 7.99. The van der Waals surface area contributed by atoms with Crippen LogP contribution in [0.3, 0.4) is 0 Å². The Morgan fingerprint density at radius 1 is 1.07 bits per heavy atom. The van der Waals surface area contributed by atoms with Gasteiger partial charge in [-0.2, -0.15) is 13.1 Å². The molecule has 9 heteroatoms. The van der Waals surface area contributed by atoms with Crippen molar-refractivity contribution in [3.05, 3.63) is 59.7 Å². The molecule has 1 aliphatic rings. The standard InChI is InChI=1S/C20H22F2N2O3S2/c1-14-2-8-18(9-3-14)29(26,27)24-12-10-16(11-13-24)23-19(25)15-4-6-17(7-5-15)28-20(21)22/h2-9,16,20H,10-13H2,1H3,(H,23,25). The van der Waals surface area contributed by atoms with Gasteiger partial charge in [-0.3, -0.25) is 4.79 Å². The summed E-state index contributed by atoms with van der Waals surface area (Å²) in [6.07, 6.45) is 1.02. The molecule has 0 atom stereocenters. The summed E-state index contributed by atoms with van der Waals surface area (Å²) in [7, 11) is -3.54. The largest absolute Gasteiger partial charge is 0.349 e. The maximum absolute atomic E-state index is 12.7. The summed E-state index contributed by atoms with van der Waals surface area (Å²) in [5.41, 5.74) is 1.38. The van der Waals surface area contributed by atoms with Gasteiger partial charge < -0.3 is 5.32 Å². The molecule has 5 nitrogen and oxygen atoms in total. The number of sulfonamides is 1. The van der Waals surface area contributed by atoms with Gasteiger partial charge in [0.05, 0.1) is 4.90 Å². The number of hydrogen-bond donors (Lipinski definition) is 1. The SMILES string of the molecule is Cc1ccc(S(=O)(=O)N2CCC(NC(=O)c3ccc(SC(F)F)cc3)CC2)cc1. The molecule has 3 rings (SSSR count). The molecule has 0 aliphatic carbocycles. The second-order valence-corrected chi connectivity index (χ2v) is 9.87. The predicted molar refractivity (Wildman–Crippen MR) is 109 cm³/mol. The third-order valence-corrected chi connectivity index (χ3v) is 7.42. The average Bonchev–Trinajstić information content (AvgIpc) is 2.69. The van der Waals surface area contributed by atoms with Crippen molar-refractivity contribution in [1.82, 2.24) is 9.62 Å². The molecule has 0 bridgehead atoms. The Balaban J connectivity index is 1.55. The summed E-state index contributed by atoms with van der Waals surface area (Å²) >= 11 is 0.428. The summed E-state index contributed by atoms with van der Waals surface area (Å²) in [4.78, 5) is 13.0. The normalized spacial score (nSPS) is 16.1. The Bertz CT molecular complexity index is 941. The summed E-state index contributed by atoms with van der Waals surface area (Å²) in [6, 6.07) is 12.6. The molecular formula is C20H22F2N2O3S2. The van der Waals surface area contributed by atoms with Crippen LogP contribution >= 0.6 is 11.8 Å². The molecule has 2 aromatic carbocycles. The van der Waals surface area contributed by atoms with Gasteiger partial charge in [0.25, 0.3) is 11.7 Å². The number of hydrogen-bond acceptors (Lipinski definition) is 4. The number of aryl methyl sites for hydroxylation is 1. The van der Waals surface area contributed by atoms with E-state index in [1.165, 1.54) is 28.6 Å². The molecule has 0 spiro atoms. The number of halogens is 2. The minimum atomic E-state index is -3.54. The molecule has 156 valence electrons. The van der Waals surface area contributed by atoms with Crippen molar-refractivity contribution >= 4 is 27.7 Å². The van der Waals surface area contributed by atoms with Gasteiger partial charge in [0.15, 0.2) is 0 Å². The maximum Gasteiger partial charge on any atom is 0.288 e. The second kappa shape index (κ2) is 9.23. The van der Waals surface area contributed by atoms with E-state index in [0.29, 0.717) is 48.2 Å². The summed E-state index contributed by atoms with van der Waals surface area (Å²) in [6.45, 7) is 2.55. The van der Waals surface area contributed by atoms with Crippen LogP contribution in [0, 0.1) is 6.92 Å². The van der Waals surface area contributed by atoms with Crippen LogP contribution in [-0.2, 0) is 10.0 Å². The highest BCUT2D eigenvalue weighted by Gasteiger charge is 2.30. The van der Waals surface area contributed by atoms with E-state index in [-0.39, 0.29) is 16.8 Å². The topological polar surface area (TPSA) is 66.5 Å². The number of carbonyl (C=O) groups excluding carboxylic acids is 1. The molecule has 0 aromatic heterocycles. The van der Waals surface area contributed by atoms with Gasteiger partial charge in [-0.1, -0.05) is 29.5 Å². The number of nitrogens with one attached hydrogen (secondary N) is 1. The van der Waals surface area contributed by atoms with Crippen molar-refractivity contribution in [2.24, 2.45) is 0 Å². The fraction of sp³-hybridized carbons (Fsp3) is 0.350. The molecule has 0 saturated carbocycles. The van der Waals surface area contributed by atoms with Gasteiger partial charge in [-0.05, 0) is 56.2 Å². The number of rotatable bonds is 6. The number of carbonyl (C=O) groups is 1. The first-order chi connectivity index (χ1) is 13.8. The van der Waals surface area contributed by atoms with E-state index in [2.05, 4.69) is 5.32 Å². The van der Waals surface area contributed by atoms with Crippen molar-refractivity contribution in [2.75, 3.05) is 13.1 Å². The molecule has 1 aliphatic heterocycles. The Labute approximate surface area is 173 Å². The van der Waals surface area contributed by atoms with Gasteiger partial charge in [-0.15, -0.1) is 0 Å². The van der Waals surface area contributed by atoms with Gasteiger partial charge >= 0.3 is 0 Å². The maximum atomic E-state index is 12.7. The number of piperidine rings is 1. The van der Waals surface area contributed by atoms with Crippen molar-refractivity contribution in [3.63, 3.8) is 0 Å². The third kappa shape index (κ3) is 5.55. The molecule has 1 heterocycles. The quantitative estimate of drug-likeness (QED) is 0.692. The molecule has 0 unspecified atom stereocenters. The zero-order valence-corrected chi connectivity index (χ0v) is 17.5. The van der Waals surface area contributed by atoms with Crippen LogP contribution in [0.2, 0.25) is 0 Å². The van der Waals surface area contributed by atoms with Crippen LogP contribution in [0.4, 0.5) is 8.78 Å². The van der Waals surface area contributed by atoms with E-state index in [0.717, 1.165) is 5.56 Å². The first-order valence-electron chi connectivity index (χ1n) is 9.18. The second-order valence-electron chi connectivity index (χ2n) is 6.87. The zero-order chi connectivity index (χ0) is 21.0. The van der Waals surface area contributed by atoms with Crippen LogP contribution in [-0.4, -0.2) is 43.5 Å². The summed E-state index contributed by atoms with van der Waals surface area (Å²) in [5, 5.41) is 2.90. The Morgan fingerprint density at radius 3 is 2.21 bits per heavy atom. The van der Waals surface area contributed by atoms with E-state index < -0.39 is 15.8 Å². The molecule has 1 saturated heterocycles. The first-order valence-corrected chi connectivity index (χ1v) is 11.5. The van der Waals surface area contributed by atoms with Crippen molar-refractivity contribution in [1.29, 1.82) is 0 Å². The lowest BCUT2D eigenvalue weighted by Crippen LogP contribution is -2.46. The predicted octanol–water partition coefficient (Wildman–Crippen LogP) is 3.89. The number of alkyl halides is 2. The summed E-state index contributed by atoms with van der Waals surface area (Å²) < 4.78 is 51.7. The van der Waals surface area contributed by atoms with Gasteiger partial charge in [0.2, 0.25) is 10.0 Å². The van der Waals surface area contributed by atoms with Crippen LogP contribution in [0.5, 0.6) is 0 Å². The lowest BCUT2D eigenvalue weighted by Gasteiger charge is -2.31. The Morgan fingerprint density at radius 2 is 1.66 bits per heavy atom. The molecule has 1 fully saturated rings. The number of amides is 1. The Hall–Kier alpha value is -1.97. The van der Waals surface area contributed by atoms with Gasteiger partial charge in [0.1, 0.15) is 0 Å². The van der Waals surface area contributed by atoms with Crippen LogP contribution in [0.1, 0.15) is 28.8 Å². The third-order valence-electron chi connectivity index (χ3n) is 4.79. The van der Waals surface area contributed by atoms with Crippen molar-refractivity contribution in [3.8, 4) is 0 Å². The number of thioether (sulfide) groups is 1. The molecule has 29 heavy (non-hydrogen) atoms. The van der Waals surface area contributed by atoms with E-state index in [9.17, 15) is 22.0 Å². The minimum absolute atomic E-state index is 0.137. The molecule has 2 aromatic rings. The van der Waals surface area contributed by atoms with Crippen molar-refractivity contribution in [2.45, 2.75) is 41.4 Å². The lowest BCUT2D eigenvalue weighted by molar-refractivity contribution is 0.0923. The minimum Gasteiger partial charge on any atom is -0.349 e. The molecule has 1 N–H and O–H groups in total. The van der Waals surface area contributed by atoms with Crippen LogP contribution in [0.25, 0.3) is 0 Å². The van der Waals surface area contributed by atoms with E-state index in [1.54, 1.807) is 24.3 Å². The zero-order valence-electron chi connectivity index (χ0n) is 15.8. The van der Waals surface area contributed by atoms with Crippen LogP contribution in [0.15, 0.2) is 58.3 Å². The fourth-order valence-corrected chi connectivity index (χ4v) is 5.12. The van der Waals surface area contributed by atoms with Crippen molar-refractivity contribution < 1.29 is 22.0 Å². The van der Waals surface area contributed by atoms with Gasteiger partial charge in [0, 0.05) is 29.6 Å². The smallest absolute Gasteiger partial charge is 0.288 e. The summed E-state index contributed by atoms with van der Waals surface area (Å²) in [5.74, 6) is -2.80. The van der Waals surface area contributed by atoms with E-state index in [4.69, 9.17) is 0 Å². The molecular weight excluding hydrogens is 418 g/mol. The highest BCUT2D eigenvalue weighted by atomic mass is 32.2. The molecule has 0 radical (unpaired) electrons. The fourth-order valence-electron chi connectivity index (χ4n) is 3.16. The Kier molecular flexibility index (Phi) is 6.92. The highest BCUT2D eigenvalue weighted by Crippen LogP contribution is 2.25.